The standard InChI is InChI=1S/C16H8/c1-2-10-5-6-12-8-7-11-4-3-9(1)13-14(10)16(12)15(11)13/h1-8H. The van der Waals surface area contributed by atoms with E-state index in [0.717, 1.165) is 0 Å². The summed E-state index contributed by atoms with van der Waals surface area (Å²) >= 11 is 0. The van der Waals surface area contributed by atoms with Crippen LogP contribution in [0.25, 0.3) is 43.1 Å². The molecule has 0 saturated carbocycles. The maximum Gasteiger partial charge on any atom is -0.00139 e. The predicted octanol–water partition coefficient (Wildman–Crippen LogP) is 4.61. The summed E-state index contributed by atoms with van der Waals surface area (Å²) in [6.45, 7) is 0. The molecule has 0 heteroatoms. The van der Waals surface area contributed by atoms with Crippen LogP contribution in [-0.2, 0) is 0 Å². The van der Waals surface area contributed by atoms with Gasteiger partial charge in [-0.25, -0.2) is 0 Å². The highest BCUT2D eigenvalue weighted by atomic mass is 14.2. The summed E-state index contributed by atoms with van der Waals surface area (Å²) in [5, 5.41) is 11.5. The molecule has 72 valence electrons. The maximum absolute atomic E-state index is 2.24. The molecule has 5 aromatic rings. The van der Waals surface area contributed by atoms with Crippen molar-refractivity contribution in [3.63, 3.8) is 0 Å². The summed E-state index contributed by atoms with van der Waals surface area (Å²) in [6, 6.07) is 17.9. The van der Waals surface area contributed by atoms with Crippen molar-refractivity contribution in [2.24, 2.45) is 0 Å². The van der Waals surface area contributed by atoms with E-state index in [1.54, 1.807) is 0 Å². The van der Waals surface area contributed by atoms with Crippen molar-refractivity contribution in [3.8, 4) is 0 Å². The molecule has 0 aliphatic rings. The second kappa shape index (κ2) is 2.05. The third kappa shape index (κ3) is 0.570. The molecule has 0 aliphatic heterocycles. The Morgan fingerprint density at radius 3 is 0.688 bits per heavy atom. The largest absolute Gasteiger partial charge is 0.0537 e. The van der Waals surface area contributed by atoms with E-state index in [9.17, 15) is 0 Å². The molecule has 0 aromatic heterocycles. The minimum atomic E-state index is 1.38. The van der Waals surface area contributed by atoms with E-state index in [1.807, 2.05) is 0 Å². The topological polar surface area (TPSA) is 0 Å². The van der Waals surface area contributed by atoms with Crippen LogP contribution in [0.15, 0.2) is 48.5 Å². The third-order valence-electron chi connectivity index (χ3n) is 3.92. The van der Waals surface area contributed by atoms with Crippen LogP contribution in [0.4, 0.5) is 0 Å². The molecule has 16 heavy (non-hydrogen) atoms. The van der Waals surface area contributed by atoms with E-state index in [4.69, 9.17) is 0 Å². The first-order valence-corrected chi connectivity index (χ1v) is 5.64. The van der Waals surface area contributed by atoms with Crippen molar-refractivity contribution < 1.29 is 0 Å². The average Bonchev–Trinajstić information content (AvgIpc) is 2.32. The first-order chi connectivity index (χ1) is 7.93. The van der Waals surface area contributed by atoms with Crippen LogP contribution in [0.3, 0.4) is 0 Å². The molecule has 0 radical (unpaired) electrons. The summed E-state index contributed by atoms with van der Waals surface area (Å²) in [5.74, 6) is 0. The molecule has 0 nitrogen and oxygen atoms in total. The zero-order valence-corrected chi connectivity index (χ0v) is 8.62. The van der Waals surface area contributed by atoms with Gasteiger partial charge in [-0.05, 0) is 43.1 Å². The molecule has 0 heterocycles. The molecular formula is C16H8. The Morgan fingerprint density at radius 2 is 0.500 bits per heavy atom. The third-order valence-corrected chi connectivity index (χ3v) is 3.92. The summed E-state index contributed by atoms with van der Waals surface area (Å²) in [6.07, 6.45) is 0. The summed E-state index contributed by atoms with van der Waals surface area (Å²) in [7, 11) is 0. The van der Waals surface area contributed by atoms with E-state index in [2.05, 4.69) is 48.5 Å². The lowest BCUT2D eigenvalue weighted by molar-refractivity contribution is 1.80. The number of rotatable bonds is 0. The van der Waals surface area contributed by atoms with E-state index in [0.29, 0.717) is 0 Å². The van der Waals surface area contributed by atoms with Gasteiger partial charge >= 0.3 is 0 Å². The van der Waals surface area contributed by atoms with Gasteiger partial charge in [0.1, 0.15) is 0 Å². The Kier molecular flexibility index (Phi) is 0.927. The normalized spacial score (nSPS) is 13.0. The molecule has 0 amide bonds. The highest BCUT2D eigenvalue weighted by molar-refractivity contribution is 6.43. The van der Waals surface area contributed by atoms with Crippen molar-refractivity contribution >= 4 is 43.1 Å². The average molecular weight is 200 g/mol. The van der Waals surface area contributed by atoms with Crippen LogP contribution in [0.1, 0.15) is 0 Å². The van der Waals surface area contributed by atoms with E-state index < -0.39 is 0 Å². The van der Waals surface area contributed by atoms with Crippen molar-refractivity contribution in [2.45, 2.75) is 0 Å². The summed E-state index contributed by atoms with van der Waals surface area (Å²) in [4.78, 5) is 0. The number of benzene rings is 4. The Balaban J connectivity index is 2.38. The van der Waals surface area contributed by atoms with Gasteiger partial charge in [0.25, 0.3) is 0 Å². The van der Waals surface area contributed by atoms with E-state index in [1.165, 1.54) is 43.1 Å². The molecule has 0 bridgehead atoms. The lowest BCUT2D eigenvalue weighted by atomic mass is 9.83. The SMILES string of the molecule is c1cc2ccc3ccc4ccc1c1c2c3c41. The van der Waals surface area contributed by atoms with Crippen molar-refractivity contribution in [3.05, 3.63) is 48.5 Å². The number of hydrogen-bond acceptors (Lipinski definition) is 0. The zero-order chi connectivity index (χ0) is 10.3. The van der Waals surface area contributed by atoms with Crippen LogP contribution in [0.2, 0.25) is 0 Å². The quantitative estimate of drug-likeness (QED) is 0.320. The smallest absolute Gasteiger partial charge is 0.00139 e. The Morgan fingerprint density at radius 1 is 0.312 bits per heavy atom. The van der Waals surface area contributed by atoms with Crippen LogP contribution in [0, 0.1) is 0 Å². The predicted molar refractivity (Wildman–Crippen MR) is 70.0 cm³/mol. The Bertz CT molecular complexity index is 714. The van der Waals surface area contributed by atoms with Gasteiger partial charge in [0.2, 0.25) is 0 Å². The molecule has 0 fully saturated rings. The van der Waals surface area contributed by atoms with Gasteiger partial charge in [-0.2, -0.15) is 0 Å². The van der Waals surface area contributed by atoms with Gasteiger partial charge < -0.3 is 0 Å². The van der Waals surface area contributed by atoms with Crippen LogP contribution < -0.4 is 0 Å². The maximum atomic E-state index is 2.24. The fraction of sp³-hybridized carbons (Fsp3) is 0. The molecule has 0 spiro atoms. The van der Waals surface area contributed by atoms with E-state index in [-0.39, 0.29) is 0 Å². The fourth-order valence-corrected chi connectivity index (χ4v) is 3.20. The van der Waals surface area contributed by atoms with Gasteiger partial charge in [0.15, 0.2) is 0 Å². The molecule has 5 aromatic carbocycles. The fourth-order valence-electron chi connectivity index (χ4n) is 3.20. The first-order valence-electron chi connectivity index (χ1n) is 5.64. The summed E-state index contributed by atoms with van der Waals surface area (Å²) < 4.78 is 0. The van der Waals surface area contributed by atoms with Gasteiger partial charge in [0, 0.05) is 0 Å². The van der Waals surface area contributed by atoms with Crippen molar-refractivity contribution in [2.75, 3.05) is 0 Å². The monoisotopic (exact) mass is 200 g/mol. The first kappa shape index (κ1) is 7.24. The second-order valence-corrected chi connectivity index (χ2v) is 4.65. The van der Waals surface area contributed by atoms with Crippen LogP contribution in [-0.4, -0.2) is 0 Å². The van der Waals surface area contributed by atoms with Crippen molar-refractivity contribution in [1.82, 2.24) is 0 Å². The van der Waals surface area contributed by atoms with E-state index >= 15 is 0 Å². The molecule has 0 unspecified atom stereocenters. The zero-order valence-electron chi connectivity index (χ0n) is 8.62. The highest BCUT2D eigenvalue weighted by Crippen LogP contribution is 2.47. The Hall–Kier alpha value is -2.08. The lowest BCUT2D eigenvalue weighted by Crippen LogP contribution is -1.91. The molecule has 0 N–H and O–H groups in total. The molecule has 0 aliphatic carbocycles. The van der Waals surface area contributed by atoms with Gasteiger partial charge in [-0.15, -0.1) is 0 Å². The van der Waals surface area contributed by atoms with Crippen LogP contribution >= 0.6 is 0 Å². The molecule has 0 atom stereocenters. The van der Waals surface area contributed by atoms with Gasteiger partial charge in [-0.1, -0.05) is 48.5 Å². The molecule has 0 saturated heterocycles. The molecule has 5 rings (SSSR count). The number of hydrogen-bond donors (Lipinski definition) is 0. The minimum absolute atomic E-state index is 1.38. The second-order valence-electron chi connectivity index (χ2n) is 4.65. The Labute approximate surface area is 92.1 Å². The summed E-state index contributed by atoms with van der Waals surface area (Å²) in [5.41, 5.74) is 0. The van der Waals surface area contributed by atoms with Gasteiger partial charge in [-0.3, -0.25) is 0 Å². The minimum Gasteiger partial charge on any atom is -0.0537 e. The van der Waals surface area contributed by atoms with Crippen molar-refractivity contribution in [1.29, 1.82) is 0 Å². The van der Waals surface area contributed by atoms with Crippen LogP contribution in [0.5, 0.6) is 0 Å². The molecular weight excluding hydrogens is 192 g/mol. The lowest BCUT2D eigenvalue weighted by Gasteiger charge is -2.20. The van der Waals surface area contributed by atoms with Gasteiger partial charge in [0.05, 0.1) is 0 Å². The highest BCUT2D eigenvalue weighted by Gasteiger charge is 2.18.